The van der Waals surface area contributed by atoms with Crippen molar-refractivity contribution in [3.05, 3.63) is 35.9 Å². The van der Waals surface area contributed by atoms with E-state index in [9.17, 15) is 24.0 Å². The summed E-state index contributed by atoms with van der Waals surface area (Å²) in [5, 5.41) is 8.71. The van der Waals surface area contributed by atoms with Crippen molar-refractivity contribution in [2.45, 2.75) is 110 Å². The van der Waals surface area contributed by atoms with Crippen LogP contribution in [-0.2, 0) is 30.4 Å². The summed E-state index contributed by atoms with van der Waals surface area (Å²) in [5.74, 6) is -1.18. The van der Waals surface area contributed by atoms with Gasteiger partial charge in [0.1, 0.15) is 29.4 Å². The number of nitrogens with one attached hydrogen (secondary N) is 3. The van der Waals surface area contributed by atoms with Crippen molar-refractivity contribution < 1.29 is 24.0 Å². The van der Waals surface area contributed by atoms with Crippen molar-refractivity contribution in [2.75, 3.05) is 6.54 Å². The molecule has 2 fully saturated rings. The molecule has 1 aromatic carbocycles. The number of amides is 4. The summed E-state index contributed by atoms with van der Waals surface area (Å²) in [6.07, 6.45) is 4.05. The Labute approximate surface area is 238 Å². The van der Waals surface area contributed by atoms with Crippen LogP contribution in [0.3, 0.4) is 0 Å². The first-order valence-electron chi connectivity index (χ1n) is 14.8. The van der Waals surface area contributed by atoms with Gasteiger partial charge >= 0.3 is 0 Å². The molecule has 0 aliphatic carbocycles. The molecule has 0 saturated carbocycles. The van der Waals surface area contributed by atoms with Crippen LogP contribution in [0.4, 0.5) is 0 Å². The first kappa shape index (κ1) is 31.3. The van der Waals surface area contributed by atoms with Crippen molar-refractivity contribution in [2.24, 2.45) is 11.8 Å². The molecule has 0 aromatic heterocycles. The van der Waals surface area contributed by atoms with Crippen molar-refractivity contribution in [1.82, 2.24) is 20.9 Å². The van der Waals surface area contributed by atoms with E-state index in [4.69, 9.17) is 0 Å². The van der Waals surface area contributed by atoms with Crippen LogP contribution in [0, 0.1) is 11.8 Å². The molecule has 5 atom stereocenters. The zero-order chi connectivity index (χ0) is 29.4. The number of hydrogen-bond donors (Lipinski definition) is 3. The predicted octanol–water partition coefficient (Wildman–Crippen LogP) is 2.91. The molecular weight excluding hydrogens is 508 g/mol. The zero-order valence-corrected chi connectivity index (χ0v) is 24.6. The van der Waals surface area contributed by atoms with Gasteiger partial charge in [-0.15, -0.1) is 0 Å². The van der Waals surface area contributed by atoms with Gasteiger partial charge in [0.05, 0.1) is 0 Å². The van der Waals surface area contributed by atoms with E-state index >= 15 is 0 Å². The number of fused-ring (bicyclic) bond motifs is 1. The molecule has 2 saturated heterocycles. The number of carbonyl (C=O) groups is 5. The fourth-order valence-corrected chi connectivity index (χ4v) is 5.42. The summed E-state index contributed by atoms with van der Waals surface area (Å²) in [6, 6.07) is 7.01. The molecule has 4 amide bonds. The highest BCUT2D eigenvalue weighted by Gasteiger charge is 2.44. The monoisotopic (exact) mass is 554 g/mol. The molecule has 220 valence electrons. The standard InChI is InChI=1S/C31H46N4O5/c1-6-31(5)30(40)33-24(18-22-13-9-7-10-14-22)29(39)35-19-21(4)17-25(35)28(38)32-23(27(37)34-31)15-11-8-12-16-26(36)20(2)3/h7,9-10,13-14,20-21,23-25H,6,8,11-12,15-19H2,1-5H3,(H,32,38)(H,33,40)(H,34,37)/t21-,23-,24-,25+,31-/m0/s1. The molecule has 3 N–H and O–H groups in total. The smallest absolute Gasteiger partial charge is 0.246 e. The fourth-order valence-electron chi connectivity index (χ4n) is 5.42. The number of unbranched alkanes of at least 4 members (excludes halogenated alkanes) is 2. The normalized spacial score (nSPS) is 27.8. The van der Waals surface area contributed by atoms with Gasteiger partial charge in [0.25, 0.3) is 0 Å². The molecule has 0 spiro atoms. The van der Waals surface area contributed by atoms with E-state index in [0.29, 0.717) is 38.6 Å². The van der Waals surface area contributed by atoms with E-state index in [-0.39, 0.29) is 35.9 Å². The molecule has 2 aliphatic rings. The van der Waals surface area contributed by atoms with Gasteiger partial charge in [-0.25, -0.2) is 0 Å². The van der Waals surface area contributed by atoms with Gasteiger partial charge in [0.15, 0.2) is 0 Å². The zero-order valence-electron chi connectivity index (χ0n) is 24.6. The fraction of sp³-hybridized carbons (Fsp3) is 0.645. The number of carbonyl (C=O) groups excluding carboxylic acids is 5. The molecule has 9 nitrogen and oxygen atoms in total. The van der Waals surface area contributed by atoms with E-state index in [1.165, 1.54) is 0 Å². The van der Waals surface area contributed by atoms with Crippen molar-refractivity contribution in [3.8, 4) is 0 Å². The molecule has 2 heterocycles. The highest BCUT2D eigenvalue weighted by atomic mass is 16.2. The Morgan fingerprint density at radius 1 is 1.00 bits per heavy atom. The van der Waals surface area contributed by atoms with E-state index < -0.39 is 35.5 Å². The highest BCUT2D eigenvalue weighted by Crippen LogP contribution is 2.26. The highest BCUT2D eigenvalue weighted by molar-refractivity contribution is 5.99. The lowest BCUT2D eigenvalue weighted by Gasteiger charge is -2.36. The molecule has 0 bridgehead atoms. The summed E-state index contributed by atoms with van der Waals surface area (Å²) in [6.45, 7) is 9.62. The van der Waals surface area contributed by atoms with Gasteiger partial charge in [0.2, 0.25) is 23.6 Å². The number of ketones is 1. The largest absolute Gasteiger partial charge is 0.343 e. The van der Waals surface area contributed by atoms with Crippen molar-refractivity contribution >= 4 is 29.4 Å². The number of nitrogens with zero attached hydrogens (tertiary/aromatic N) is 1. The molecule has 0 unspecified atom stereocenters. The Morgan fingerprint density at radius 2 is 1.70 bits per heavy atom. The van der Waals surface area contributed by atoms with Gasteiger partial charge in [0, 0.05) is 25.3 Å². The average molecular weight is 555 g/mol. The Hall–Kier alpha value is -3.23. The maximum Gasteiger partial charge on any atom is 0.246 e. The van der Waals surface area contributed by atoms with Gasteiger partial charge < -0.3 is 20.9 Å². The van der Waals surface area contributed by atoms with Gasteiger partial charge in [-0.05, 0) is 44.1 Å². The second-order valence-corrected chi connectivity index (χ2v) is 12.0. The first-order valence-corrected chi connectivity index (χ1v) is 14.8. The van der Waals surface area contributed by atoms with Crippen LogP contribution >= 0.6 is 0 Å². The second-order valence-electron chi connectivity index (χ2n) is 12.0. The number of rotatable bonds is 10. The third-order valence-corrected chi connectivity index (χ3v) is 8.28. The van der Waals surface area contributed by atoms with Crippen LogP contribution in [0.25, 0.3) is 0 Å². The Morgan fingerprint density at radius 3 is 2.35 bits per heavy atom. The van der Waals surface area contributed by atoms with Crippen LogP contribution in [0.5, 0.6) is 0 Å². The maximum absolute atomic E-state index is 13.9. The van der Waals surface area contributed by atoms with E-state index in [0.717, 1.165) is 18.4 Å². The van der Waals surface area contributed by atoms with Crippen LogP contribution in [0.15, 0.2) is 30.3 Å². The van der Waals surface area contributed by atoms with E-state index in [1.54, 1.807) is 18.7 Å². The summed E-state index contributed by atoms with van der Waals surface area (Å²) < 4.78 is 0. The summed E-state index contributed by atoms with van der Waals surface area (Å²) in [7, 11) is 0. The maximum atomic E-state index is 13.9. The lowest BCUT2D eigenvalue weighted by Crippen LogP contribution is -2.65. The Kier molecular flexibility index (Phi) is 10.9. The summed E-state index contributed by atoms with van der Waals surface area (Å²) >= 11 is 0. The van der Waals surface area contributed by atoms with Gasteiger partial charge in [-0.2, -0.15) is 0 Å². The quantitative estimate of drug-likeness (QED) is 0.384. The van der Waals surface area contributed by atoms with Gasteiger partial charge in [-0.3, -0.25) is 24.0 Å². The molecule has 40 heavy (non-hydrogen) atoms. The molecule has 9 heteroatoms. The SMILES string of the molecule is CC[C@]1(C)NC(=O)[C@H](CCCCCC(=O)C(C)C)NC(=O)[C@H]2C[C@H](C)CN2C(=O)[C@H](Cc2ccccc2)NC1=O. The minimum Gasteiger partial charge on any atom is -0.343 e. The topological polar surface area (TPSA) is 125 Å². The molecule has 3 rings (SSSR count). The first-order chi connectivity index (χ1) is 18.9. The number of benzene rings is 1. The third kappa shape index (κ3) is 7.92. The van der Waals surface area contributed by atoms with Crippen molar-refractivity contribution in [3.63, 3.8) is 0 Å². The van der Waals surface area contributed by atoms with E-state index in [2.05, 4.69) is 16.0 Å². The minimum absolute atomic E-state index is 0.000918. The molecule has 0 radical (unpaired) electrons. The van der Waals surface area contributed by atoms with Crippen molar-refractivity contribution in [1.29, 1.82) is 0 Å². The van der Waals surface area contributed by atoms with Crippen LogP contribution in [0.1, 0.15) is 85.1 Å². The van der Waals surface area contributed by atoms with Crippen LogP contribution < -0.4 is 16.0 Å². The third-order valence-electron chi connectivity index (χ3n) is 8.28. The molecule has 1 aromatic rings. The number of Topliss-reactive ketones (excluding diaryl/α,β-unsaturated/α-hetero) is 1. The lowest BCUT2D eigenvalue weighted by atomic mass is 9.94. The second kappa shape index (κ2) is 13.9. The summed E-state index contributed by atoms with van der Waals surface area (Å²) in [5.41, 5.74) is -0.380. The van der Waals surface area contributed by atoms with Crippen LogP contribution in [0.2, 0.25) is 0 Å². The molecule has 2 aliphatic heterocycles. The predicted molar refractivity (Wildman–Crippen MR) is 153 cm³/mol. The molecular formula is C31H46N4O5. The van der Waals surface area contributed by atoms with Crippen LogP contribution in [-0.4, -0.2) is 64.5 Å². The Bertz CT molecular complexity index is 1070. The minimum atomic E-state index is -1.27. The average Bonchev–Trinajstić information content (AvgIpc) is 3.32. The summed E-state index contributed by atoms with van der Waals surface area (Å²) in [4.78, 5) is 68.1. The number of hydrogen-bond acceptors (Lipinski definition) is 5. The van der Waals surface area contributed by atoms with Gasteiger partial charge in [-0.1, -0.05) is 70.9 Å². The Balaban J connectivity index is 1.84. The lowest BCUT2D eigenvalue weighted by molar-refractivity contribution is -0.144. The van der Waals surface area contributed by atoms with E-state index in [1.807, 2.05) is 51.1 Å².